The standard InChI is InChI=1S/C10H11BrN2O4/c11-7-3-6(4-12-5-7)9(15)13-8(1-2-14)10(16)17/h3-5,8,14H,1-2H2,(H,13,15)(H,16,17). The van der Waals surface area contributed by atoms with Crippen molar-refractivity contribution in [2.75, 3.05) is 6.61 Å². The first-order valence-corrected chi connectivity index (χ1v) is 5.59. The van der Waals surface area contributed by atoms with Gasteiger partial charge in [-0.1, -0.05) is 0 Å². The zero-order valence-electron chi connectivity index (χ0n) is 8.76. The van der Waals surface area contributed by atoms with Crippen LogP contribution in [0.1, 0.15) is 16.8 Å². The summed E-state index contributed by atoms with van der Waals surface area (Å²) in [6.07, 6.45) is 2.81. The Kier molecular flexibility index (Phi) is 5.05. The van der Waals surface area contributed by atoms with Gasteiger partial charge in [0.15, 0.2) is 0 Å². The Morgan fingerprint density at radius 3 is 2.71 bits per heavy atom. The second kappa shape index (κ2) is 6.31. The van der Waals surface area contributed by atoms with Gasteiger partial charge >= 0.3 is 5.97 Å². The Bertz CT molecular complexity index is 425. The van der Waals surface area contributed by atoms with Gasteiger partial charge in [-0.05, 0) is 22.0 Å². The maximum Gasteiger partial charge on any atom is 0.326 e. The molecule has 6 nitrogen and oxygen atoms in total. The smallest absolute Gasteiger partial charge is 0.326 e. The van der Waals surface area contributed by atoms with E-state index in [-0.39, 0.29) is 18.6 Å². The number of aliphatic hydroxyl groups is 1. The van der Waals surface area contributed by atoms with Crippen LogP contribution < -0.4 is 5.32 Å². The predicted octanol–water partition coefficient (Wildman–Crippen LogP) is 0.410. The van der Waals surface area contributed by atoms with Crippen LogP contribution in [-0.2, 0) is 4.79 Å². The third-order valence-electron chi connectivity index (χ3n) is 1.99. The molecule has 0 aliphatic rings. The van der Waals surface area contributed by atoms with E-state index in [4.69, 9.17) is 10.2 Å². The number of nitrogens with one attached hydrogen (secondary N) is 1. The van der Waals surface area contributed by atoms with Crippen LogP contribution in [-0.4, -0.2) is 39.7 Å². The second-order valence-electron chi connectivity index (χ2n) is 3.27. The Labute approximate surface area is 106 Å². The lowest BCUT2D eigenvalue weighted by molar-refractivity contribution is -0.139. The average Bonchev–Trinajstić information content (AvgIpc) is 2.28. The molecule has 0 bridgehead atoms. The highest BCUT2D eigenvalue weighted by molar-refractivity contribution is 9.10. The first-order valence-electron chi connectivity index (χ1n) is 4.79. The normalized spacial score (nSPS) is 11.9. The number of carboxylic acids is 1. The molecule has 1 atom stereocenters. The number of hydrogen-bond acceptors (Lipinski definition) is 4. The maximum absolute atomic E-state index is 11.7. The molecule has 1 rings (SSSR count). The molecule has 0 saturated carbocycles. The first-order chi connectivity index (χ1) is 8.04. The minimum atomic E-state index is -1.18. The van der Waals surface area contributed by atoms with Gasteiger partial charge in [0.25, 0.3) is 5.91 Å². The Morgan fingerprint density at radius 1 is 1.47 bits per heavy atom. The zero-order valence-corrected chi connectivity index (χ0v) is 10.3. The number of hydrogen-bond donors (Lipinski definition) is 3. The van der Waals surface area contributed by atoms with Crippen molar-refractivity contribution in [3.63, 3.8) is 0 Å². The molecule has 3 N–H and O–H groups in total. The van der Waals surface area contributed by atoms with E-state index in [1.54, 1.807) is 0 Å². The van der Waals surface area contributed by atoms with E-state index < -0.39 is 17.9 Å². The maximum atomic E-state index is 11.7. The van der Waals surface area contributed by atoms with Gasteiger partial charge in [-0.15, -0.1) is 0 Å². The van der Waals surface area contributed by atoms with Gasteiger partial charge in [-0.2, -0.15) is 0 Å². The topological polar surface area (TPSA) is 99.5 Å². The first kappa shape index (κ1) is 13.6. The van der Waals surface area contributed by atoms with Gasteiger partial charge in [0, 0.05) is 29.9 Å². The van der Waals surface area contributed by atoms with Crippen molar-refractivity contribution in [1.29, 1.82) is 0 Å². The molecule has 7 heteroatoms. The van der Waals surface area contributed by atoms with E-state index in [0.717, 1.165) is 0 Å². The third-order valence-corrected chi connectivity index (χ3v) is 2.42. The molecule has 0 aliphatic carbocycles. The van der Waals surface area contributed by atoms with Crippen LogP contribution in [0.5, 0.6) is 0 Å². The van der Waals surface area contributed by atoms with Crippen molar-refractivity contribution in [2.45, 2.75) is 12.5 Å². The minimum absolute atomic E-state index is 0.0392. The summed E-state index contributed by atoms with van der Waals surface area (Å²) >= 11 is 3.16. The van der Waals surface area contributed by atoms with Crippen LogP contribution >= 0.6 is 15.9 Å². The van der Waals surface area contributed by atoms with Crippen molar-refractivity contribution < 1.29 is 19.8 Å². The SMILES string of the molecule is O=C(NC(CCO)C(=O)O)c1cncc(Br)c1. The summed E-state index contributed by atoms with van der Waals surface area (Å²) in [4.78, 5) is 26.2. The van der Waals surface area contributed by atoms with Gasteiger partial charge in [0.1, 0.15) is 6.04 Å². The summed E-state index contributed by atoms with van der Waals surface area (Å²) in [5.41, 5.74) is 0.253. The molecule has 0 aromatic carbocycles. The lowest BCUT2D eigenvalue weighted by atomic mass is 10.2. The quantitative estimate of drug-likeness (QED) is 0.731. The summed E-state index contributed by atoms with van der Waals surface area (Å²) in [7, 11) is 0. The summed E-state index contributed by atoms with van der Waals surface area (Å²) in [5.74, 6) is -1.73. The Balaban J connectivity index is 2.73. The summed E-state index contributed by atoms with van der Waals surface area (Å²) in [6, 6.07) is 0.423. The van der Waals surface area contributed by atoms with Crippen molar-refractivity contribution >= 4 is 27.8 Å². The van der Waals surface area contributed by atoms with Crippen LogP contribution in [0.2, 0.25) is 0 Å². The highest BCUT2D eigenvalue weighted by Crippen LogP contribution is 2.09. The Morgan fingerprint density at radius 2 is 2.18 bits per heavy atom. The Hall–Kier alpha value is -1.47. The predicted molar refractivity (Wildman–Crippen MR) is 62.5 cm³/mol. The number of aliphatic hydroxyl groups excluding tert-OH is 1. The van der Waals surface area contributed by atoms with E-state index in [1.165, 1.54) is 18.5 Å². The van der Waals surface area contributed by atoms with Gasteiger partial charge < -0.3 is 15.5 Å². The van der Waals surface area contributed by atoms with Crippen LogP contribution in [0.25, 0.3) is 0 Å². The third kappa shape index (κ3) is 4.12. The molecular weight excluding hydrogens is 292 g/mol. The molecule has 1 unspecified atom stereocenters. The lowest BCUT2D eigenvalue weighted by Crippen LogP contribution is -2.41. The number of pyridine rings is 1. The fraction of sp³-hybridized carbons (Fsp3) is 0.300. The van der Waals surface area contributed by atoms with E-state index in [2.05, 4.69) is 26.2 Å². The average molecular weight is 303 g/mol. The second-order valence-corrected chi connectivity index (χ2v) is 4.18. The summed E-state index contributed by atoms with van der Waals surface area (Å²) in [5, 5.41) is 19.8. The van der Waals surface area contributed by atoms with Crippen LogP contribution in [0.3, 0.4) is 0 Å². The summed E-state index contributed by atoms with van der Waals surface area (Å²) in [6.45, 7) is -0.312. The highest BCUT2D eigenvalue weighted by Gasteiger charge is 2.20. The molecular formula is C10H11BrN2O4. The molecule has 0 radical (unpaired) electrons. The molecule has 17 heavy (non-hydrogen) atoms. The number of amides is 1. The fourth-order valence-corrected chi connectivity index (χ4v) is 1.53. The molecule has 1 aromatic heterocycles. The highest BCUT2D eigenvalue weighted by atomic mass is 79.9. The molecule has 0 aliphatic heterocycles. The largest absolute Gasteiger partial charge is 0.480 e. The fourth-order valence-electron chi connectivity index (χ4n) is 1.16. The monoisotopic (exact) mass is 302 g/mol. The number of carbonyl (C=O) groups excluding carboxylic acids is 1. The number of carboxylic acid groups (broad SMARTS) is 1. The van der Waals surface area contributed by atoms with Crippen molar-refractivity contribution in [2.24, 2.45) is 0 Å². The van der Waals surface area contributed by atoms with Crippen molar-refractivity contribution in [1.82, 2.24) is 10.3 Å². The van der Waals surface area contributed by atoms with Crippen molar-refractivity contribution in [3.8, 4) is 0 Å². The molecule has 0 saturated heterocycles. The zero-order chi connectivity index (χ0) is 12.8. The van der Waals surface area contributed by atoms with Crippen LogP contribution in [0, 0.1) is 0 Å². The van der Waals surface area contributed by atoms with E-state index >= 15 is 0 Å². The minimum Gasteiger partial charge on any atom is -0.480 e. The van der Waals surface area contributed by atoms with E-state index in [0.29, 0.717) is 4.47 Å². The number of aliphatic carboxylic acids is 1. The number of rotatable bonds is 5. The molecule has 0 spiro atoms. The van der Waals surface area contributed by atoms with Crippen LogP contribution in [0.4, 0.5) is 0 Å². The molecule has 0 fully saturated rings. The van der Waals surface area contributed by atoms with Crippen molar-refractivity contribution in [3.05, 3.63) is 28.5 Å². The molecule has 1 aromatic rings. The van der Waals surface area contributed by atoms with Gasteiger partial charge in [0.2, 0.25) is 0 Å². The molecule has 1 amide bonds. The van der Waals surface area contributed by atoms with Gasteiger partial charge in [-0.25, -0.2) is 4.79 Å². The number of carbonyl (C=O) groups is 2. The van der Waals surface area contributed by atoms with Crippen LogP contribution in [0.15, 0.2) is 22.9 Å². The molecule has 92 valence electrons. The number of aromatic nitrogens is 1. The van der Waals surface area contributed by atoms with Gasteiger partial charge in [0.05, 0.1) is 5.56 Å². The molecule has 1 heterocycles. The van der Waals surface area contributed by atoms with E-state index in [9.17, 15) is 9.59 Å². The lowest BCUT2D eigenvalue weighted by Gasteiger charge is -2.12. The number of halogens is 1. The number of nitrogens with zero attached hydrogens (tertiary/aromatic N) is 1. The van der Waals surface area contributed by atoms with E-state index in [1.807, 2.05) is 0 Å². The van der Waals surface area contributed by atoms with Gasteiger partial charge in [-0.3, -0.25) is 9.78 Å². The summed E-state index contributed by atoms with van der Waals surface area (Å²) < 4.78 is 0.624.